The van der Waals surface area contributed by atoms with E-state index in [0.717, 1.165) is 4.90 Å². The van der Waals surface area contributed by atoms with Gasteiger partial charge >= 0.3 is 10.4 Å². The Morgan fingerprint density at radius 2 is 1.86 bits per heavy atom. The van der Waals surface area contributed by atoms with Gasteiger partial charge in [0.15, 0.2) is 0 Å². The van der Waals surface area contributed by atoms with Crippen LogP contribution in [-0.2, 0) is 31.3 Å². The van der Waals surface area contributed by atoms with Crippen molar-refractivity contribution in [3.8, 4) is 0 Å². The van der Waals surface area contributed by atoms with Crippen LogP contribution in [0.1, 0.15) is 18.9 Å². The first-order valence-electron chi connectivity index (χ1n) is 8.06. The summed E-state index contributed by atoms with van der Waals surface area (Å²) in [5, 5.41) is 2.56. The average Bonchev–Trinajstić information content (AvgIpc) is 2.86. The molecule has 0 aliphatic carbocycles. The Balaban J connectivity index is 0.000000696. The normalized spacial score (nSPS) is 18.0. The van der Waals surface area contributed by atoms with E-state index in [-0.39, 0.29) is 24.8 Å². The maximum absolute atomic E-state index is 13.5. The lowest BCUT2D eigenvalue weighted by Gasteiger charge is -2.23. The Bertz CT molecular complexity index is 836. The molecule has 0 radical (unpaired) electrons. The summed E-state index contributed by atoms with van der Waals surface area (Å²) in [7, 11) is -1.25. The third-order valence-corrected chi connectivity index (χ3v) is 3.96. The highest BCUT2D eigenvalue weighted by molar-refractivity contribution is 7.79. The van der Waals surface area contributed by atoms with E-state index in [1.54, 1.807) is 37.2 Å². The Labute approximate surface area is 161 Å². The Kier molecular flexibility index (Phi) is 8.17. The Hall–Kier alpha value is -2.41. The minimum absolute atomic E-state index is 0.00315. The number of rotatable bonds is 5. The van der Waals surface area contributed by atoms with Crippen molar-refractivity contribution in [3.05, 3.63) is 35.6 Å². The van der Waals surface area contributed by atoms with Gasteiger partial charge in [0.2, 0.25) is 17.7 Å². The van der Waals surface area contributed by atoms with E-state index in [0.29, 0.717) is 5.56 Å². The summed E-state index contributed by atoms with van der Waals surface area (Å²) in [5.74, 6) is -1.66. The van der Waals surface area contributed by atoms with Gasteiger partial charge in [-0.05, 0) is 27.1 Å². The first-order chi connectivity index (χ1) is 12.8. The number of benzene rings is 1. The van der Waals surface area contributed by atoms with Crippen molar-refractivity contribution in [3.63, 3.8) is 0 Å². The summed E-state index contributed by atoms with van der Waals surface area (Å²) in [4.78, 5) is 39.1. The van der Waals surface area contributed by atoms with Gasteiger partial charge in [-0.3, -0.25) is 33.3 Å². The van der Waals surface area contributed by atoms with Crippen molar-refractivity contribution >= 4 is 28.1 Å². The number of amides is 3. The van der Waals surface area contributed by atoms with Gasteiger partial charge in [0.25, 0.3) is 0 Å². The summed E-state index contributed by atoms with van der Waals surface area (Å²) in [5.41, 5.74) is 0.346. The number of hydrogen-bond acceptors (Lipinski definition) is 6. The number of halogens is 1. The minimum Gasteiger partial charge on any atom is -0.350 e. The van der Waals surface area contributed by atoms with E-state index < -0.39 is 34.2 Å². The number of nitrogens with zero attached hydrogens (tertiary/aromatic N) is 2. The largest absolute Gasteiger partial charge is 0.394 e. The zero-order valence-electron chi connectivity index (χ0n) is 15.5. The highest BCUT2D eigenvalue weighted by Gasteiger charge is 2.43. The van der Waals surface area contributed by atoms with Gasteiger partial charge in [-0.25, -0.2) is 4.39 Å². The Morgan fingerprint density at radius 3 is 2.32 bits per heavy atom. The van der Waals surface area contributed by atoms with Gasteiger partial charge in [-0.2, -0.15) is 8.42 Å². The molecule has 1 heterocycles. The van der Waals surface area contributed by atoms with Crippen LogP contribution in [0.2, 0.25) is 0 Å². The molecule has 1 aliphatic heterocycles. The monoisotopic (exact) mass is 419 g/mol. The predicted octanol–water partition coefficient (Wildman–Crippen LogP) is -0.133. The summed E-state index contributed by atoms with van der Waals surface area (Å²) < 4.78 is 45.1. The molecule has 0 bridgehead atoms. The first kappa shape index (κ1) is 23.6. The molecule has 2 atom stereocenters. The first-order valence-corrected chi connectivity index (χ1v) is 9.46. The van der Waals surface area contributed by atoms with Crippen LogP contribution in [-0.4, -0.2) is 71.2 Å². The smallest absolute Gasteiger partial charge is 0.350 e. The molecule has 28 heavy (non-hydrogen) atoms. The molecule has 12 heteroatoms. The van der Waals surface area contributed by atoms with Crippen LogP contribution in [0.4, 0.5) is 4.39 Å². The molecule has 1 aromatic rings. The fourth-order valence-corrected chi connectivity index (χ4v) is 2.53. The van der Waals surface area contributed by atoms with Crippen LogP contribution in [0.3, 0.4) is 0 Å². The van der Waals surface area contributed by atoms with Gasteiger partial charge in [0, 0.05) is 12.1 Å². The lowest BCUT2D eigenvalue weighted by molar-refractivity contribution is -0.147. The molecular weight excluding hydrogens is 397 g/mol. The van der Waals surface area contributed by atoms with Gasteiger partial charge in [-0.1, -0.05) is 18.2 Å². The number of likely N-dealkylation sites (N-methyl/N-ethyl adjacent to an activating group) is 1. The summed E-state index contributed by atoms with van der Waals surface area (Å²) in [6, 6.07) is 4.64. The van der Waals surface area contributed by atoms with Crippen LogP contribution < -0.4 is 5.32 Å². The van der Waals surface area contributed by atoms with Crippen molar-refractivity contribution in [2.45, 2.75) is 32.0 Å². The van der Waals surface area contributed by atoms with Crippen LogP contribution >= 0.6 is 0 Å². The molecule has 2 rings (SSSR count). The second-order valence-corrected chi connectivity index (χ2v) is 7.11. The highest BCUT2D eigenvalue weighted by atomic mass is 32.3. The molecule has 0 aromatic heterocycles. The van der Waals surface area contributed by atoms with E-state index in [1.165, 1.54) is 13.0 Å². The summed E-state index contributed by atoms with van der Waals surface area (Å²) >= 11 is 0. The van der Waals surface area contributed by atoms with Crippen molar-refractivity contribution in [2.24, 2.45) is 0 Å². The van der Waals surface area contributed by atoms with E-state index in [2.05, 4.69) is 5.32 Å². The molecule has 1 saturated heterocycles. The van der Waals surface area contributed by atoms with Crippen molar-refractivity contribution < 1.29 is 36.3 Å². The third kappa shape index (κ3) is 6.96. The molecule has 0 saturated carbocycles. The fourth-order valence-electron chi connectivity index (χ4n) is 2.53. The van der Waals surface area contributed by atoms with E-state index in [4.69, 9.17) is 17.5 Å². The summed E-state index contributed by atoms with van der Waals surface area (Å²) in [6.45, 7) is 1.49. The van der Waals surface area contributed by atoms with E-state index in [1.807, 2.05) is 0 Å². The van der Waals surface area contributed by atoms with Crippen molar-refractivity contribution in [2.75, 3.05) is 14.1 Å². The number of hydrogen-bond donors (Lipinski definition) is 3. The quantitative estimate of drug-likeness (QED) is 0.442. The zero-order valence-corrected chi connectivity index (χ0v) is 16.3. The lowest BCUT2D eigenvalue weighted by Crippen LogP contribution is -2.49. The molecule has 3 amide bonds. The molecule has 1 fully saturated rings. The van der Waals surface area contributed by atoms with Crippen LogP contribution in [0.25, 0.3) is 0 Å². The number of carbonyl (C=O) groups excluding carboxylic acids is 3. The maximum atomic E-state index is 13.5. The molecule has 1 aliphatic rings. The number of carbonyl (C=O) groups is 3. The molecule has 3 N–H and O–H groups in total. The van der Waals surface area contributed by atoms with Crippen LogP contribution in [0, 0.1) is 5.82 Å². The third-order valence-electron chi connectivity index (χ3n) is 3.96. The van der Waals surface area contributed by atoms with Gasteiger partial charge < -0.3 is 5.32 Å². The number of likely N-dealkylation sites (tertiary alicyclic amines) is 1. The van der Waals surface area contributed by atoms with Crippen LogP contribution in [0.5, 0.6) is 0 Å². The Morgan fingerprint density at radius 1 is 1.32 bits per heavy atom. The predicted molar refractivity (Wildman–Crippen MR) is 95.8 cm³/mol. The summed E-state index contributed by atoms with van der Waals surface area (Å²) in [6.07, 6.45) is 0.0662. The highest BCUT2D eigenvalue weighted by Crippen LogP contribution is 2.19. The van der Waals surface area contributed by atoms with Gasteiger partial charge in [0.05, 0.1) is 12.5 Å². The molecule has 156 valence electrons. The van der Waals surface area contributed by atoms with Crippen molar-refractivity contribution in [1.82, 2.24) is 15.1 Å². The second-order valence-electron chi connectivity index (χ2n) is 6.22. The maximum Gasteiger partial charge on any atom is 0.394 e. The van der Waals surface area contributed by atoms with Crippen LogP contribution in [0.15, 0.2) is 24.3 Å². The van der Waals surface area contributed by atoms with Crippen molar-refractivity contribution in [1.29, 1.82) is 0 Å². The molecule has 1 aromatic carbocycles. The molecule has 0 spiro atoms. The lowest BCUT2D eigenvalue weighted by atomic mass is 10.2. The average molecular weight is 419 g/mol. The van der Waals surface area contributed by atoms with E-state index in [9.17, 15) is 18.8 Å². The molecule has 1 unspecified atom stereocenters. The zero-order chi connectivity index (χ0) is 21.6. The fraction of sp³-hybridized carbons (Fsp3) is 0.438. The second kappa shape index (κ2) is 9.68. The molecular formula is C16H22FN3O7S. The number of imide groups is 1. The topological polar surface area (TPSA) is 144 Å². The van der Waals surface area contributed by atoms with E-state index >= 15 is 0 Å². The van der Waals surface area contributed by atoms with Gasteiger partial charge in [-0.15, -0.1) is 0 Å². The van der Waals surface area contributed by atoms with Gasteiger partial charge in [0.1, 0.15) is 11.9 Å². The SMILES string of the molecule is C[C@H](C(=O)NCc1ccccc1F)N1C(=O)CC(N(C)C)C1=O.O=S(=O)(O)O. The minimum atomic E-state index is -4.67. The number of nitrogens with one attached hydrogen (secondary N) is 1. The molecule has 10 nitrogen and oxygen atoms in total. The standard InChI is InChI=1S/C16H20FN3O3.H2O4S/c1-10(20-14(21)8-13(16(20)23)19(2)3)15(22)18-9-11-6-4-5-7-12(11)17;1-5(2,3)4/h4-7,10,13H,8-9H2,1-3H3,(H,18,22);(H2,1,2,3,4)/t10-,13?;/m1./s1.